The number of rotatable bonds is 5. The lowest BCUT2D eigenvalue weighted by atomic mass is 9.88. The van der Waals surface area contributed by atoms with Gasteiger partial charge in [-0.2, -0.15) is 0 Å². The second kappa shape index (κ2) is 7.02. The van der Waals surface area contributed by atoms with E-state index in [1.54, 1.807) is 0 Å². The van der Waals surface area contributed by atoms with Crippen LogP contribution in [0, 0.1) is 14.9 Å². The molecule has 1 rings (SSSR count). The quantitative estimate of drug-likeness (QED) is 0.772. The van der Waals surface area contributed by atoms with Gasteiger partial charge < -0.3 is 10.5 Å². The Kier molecular flexibility index (Phi) is 6.19. The SMILES string of the molecule is CCOC(c1nc(N)c(I)c(CC(C)C)n1)C(C)(C)C. The Balaban J connectivity index is 3.26. The molecular formula is C15H26IN3O. The van der Waals surface area contributed by atoms with Crippen LogP contribution in [0.4, 0.5) is 5.82 Å². The Bertz CT molecular complexity index is 455. The van der Waals surface area contributed by atoms with Crippen molar-refractivity contribution >= 4 is 28.4 Å². The molecule has 1 atom stereocenters. The molecule has 20 heavy (non-hydrogen) atoms. The predicted molar refractivity (Wildman–Crippen MR) is 91.5 cm³/mol. The molecule has 0 aromatic carbocycles. The van der Waals surface area contributed by atoms with E-state index in [1.807, 2.05) is 6.92 Å². The molecule has 0 aliphatic carbocycles. The third-order valence-electron chi connectivity index (χ3n) is 2.92. The molecule has 0 saturated heterocycles. The van der Waals surface area contributed by atoms with Crippen LogP contribution < -0.4 is 5.73 Å². The van der Waals surface area contributed by atoms with Gasteiger partial charge in [-0.1, -0.05) is 34.6 Å². The number of nitrogen functional groups attached to an aromatic ring is 1. The third-order valence-corrected chi connectivity index (χ3v) is 4.09. The van der Waals surface area contributed by atoms with Gasteiger partial charge in [-0.25, -0.2) is 9.97 Å². The van der Waals surface area contributed by atoms with Crippen LogP contribution in [0.15, 0.2) is 0 Å². The van der Waals surface area contributed by atoms with Crippen LogP contribution >= 0.6 is 22.6 Å². The maximum absolute atomic E-state index is 6.06. The van der Waals surface area contributed by atoms with Gasteiger partial charge in [-0.3, -0.25) is 0 Å². The summed E-state index contributed by atoms with van der Waals surface area (Å²) in [6.07, 6.45) is 0.763. The zero-order chi connectivity index (χ0) is 15.5. The van der Waals surface area contributed by atoms with Crippen LogP contribution in [0.1, 0.15) is 59.2 Å². The molecule has 0 radical (unpaired) electrons. The number of hydrogen-bond acceptors (Lipinski definition) is 4. The molecule has 0 aliphatic rings. The van der Waals surface area contributed by atoms with E-state index in [-0.39, 0.29) is 11.5 Å². The Labute approximate surface area is 136 Å². The second-order valence-electron chi connectivity index (χ2n) is 6.53. The van der Waals surface area contributed by atoms with Gasteiger partial charge in [0.15, 0.2) is 5.82 Å². The minimum absolute atomic E-state index is 0.0651. The van der Waals surface area contributed by atoms with Crippen molar-refractivity contribution in [2.45, 2.75) is 54.1 Å². The molecular weight excluding hydrogens is 365 g/mol. The first-order valence-electron chi connectivity index (χ1n) is 7.10. The van der Waals surface area contributed by atoms with Crippen molar-refractivity contribution in [1.82, 2.24) is 9.97 Å². The highest BCUT2D eigenvalue weighted by molar-refractivity contribution is 14.1. The van der Waals surface area contributed by atoms with Gasteiger partial charge in [0.25, 0.3) is 0 Å². The molecule has 2 N–H and O–H groups in total. The van der Waals surface area contributed by atoms with Gasteiger partial charge >= 0.3 is 0 Å². The molecule has 1 aromatic rings. The normalized spacial score (nSPS) is 13.8. The highest BCUT2D eigenvalue weighted by atomic mass is 127. The van der Waals surface area contributed by atoms with Crippen LogP contribution in [0.5, 0.6) is 0 Å². The van der Waals surface area contributed by atoms with E-state index in [4.69, 9.17) is 15.5 Å². The van der Waals surface area contributed by atoms with Gasteiger partial charge in [0.1, 0.15) is 11.9 Å². The summed E-state index contributed by atoms with van der Waals surface area (Å²) in [6.45, 7) is 13.4. The summed E-state index contributed by atoms with van der Waals surface area (Å²) >= 11 is 2.23. The molecule has 0 saturated carbocycles. The van der Waals surface area contributed by atoms with E-state index in [9.17, 15) is 0 Å². The van der Waals surface area contributed by atoms with Crippen LogP contribution in [0.2, 0.25) is 0 Å². The van der Waals surface area contributed by atoms with Gasteiger partial charge in [-0.05, 0) is 47.3 Å². The average molecular weight is 391 g/mol. The zero-order valence-corrected chi connectivity index (χ0v) is 15.5. The predicted octanol–water partition coefficient (Wildman–Crippen LogP) is 3.99. The summed E-state index contributed by atoms with van der Waals surface area (Å²) < 4.78 is 6.83. The lowest BCUT2D eigenvalue weighted by Gasteiger charge is -2.29. The number of aromatic nitrogens is 2. The van der Waals surface area contributed by atoms with E-state index in [1.165, 1.54) is 0 Å². The van der Waals surface area contributed by atoms with Crippen LogP contribution in [-0.2, 0) is 11.2 Å². The molecule has 0 bridgehead atoms. The van der Waals surface area contributed by atoms with Crippen molar-refractivity contribution in [2.24, 2.45) is 11.3 Å². The number of ether oxygens (including phenoxy) is 1. The molecule has 0 spiro atoms. The smallest absolute Gasteiger partial charge is 0.160 e. The molecule has 1 aromatic heterocycles. The highest BCUT2D eigenvalue weighted by Gasteiger charge is 2.30. The molecule has 0 amide bonds. The topological polar surface area (TPSA) is 61.0 Å². The summed E-state index contributed by atoms with van der Waals surface area (Å²) in [5.74, 6) is 1.79. The van der Waals surface area contributed by atoms with E-state index in [0.717, 1.165) is 15.7 Å². The fourth-order valence-corrected chi connectivity index (χ4v) is 2.51. The molecule has 0 fully saturated rings. The Morgan fingerprint density at radius 3 is 2.30 bits per heavy atom. The minimum Gasteiger partial charge on any atom is -0.383 e. The summed E-state index contributed by atoms with van der Waals surface area (Å²) in [5, 5.41) is 0. The molecule has 1 unspecified atom stereocenters. The summed E-state index contributed by atoms with van der Waals surface area (Å²) in [5.41, 5.74) is 7.02. The number of nitrogens with two attached hydrogens (primary N) is 1. The number of anilines is 1. The van der Waals surface area contributed by atoms with Gasteiger partial charge in [0.05, 0.1) is 9.26 Å². The van der Waals surface area contributed by atoms with E-state index in [0.29, 0.717) is 24.2 Å². The summed E-state index contributed by atoms with van der Waals surface area (Å²) in [7, 11) is 0. The fraction of sp³-hybridized carbons (Fsp3) is 0.733. The van der Waals surface area contributed by atoms with Gasteiger partial charge in [-0.15, -0.1) is 0 Å². The van der Waals surface area contributed by atoms with Gasteiger partial charge in [0.2, 0.25) is 0 Å². The van der Waals surface area contributed by atoms with E-state index < -0.39 is 0 Å². The van der Waals surface area contributed by atoms with Gasteiger partial charge in [0, 0.05) is 6.61 Å². The summed E-state index contributed by atoms with van der Waals surface area (Å²) in [4.78, 5) is 9.20. The molecule has 4 nitrogen and oxygen atoms in total. The lowest BCUT2D eigenvalue weighted by Crippen LogP contribution is -2.25. The number of nitrogens with zero attached hydrogens (tertiary/aromatic N) is 2. The Morgan fingerprint density at radius 1 is 1.25 bits per heavy atom. The van der Waals surface area contributed by atoms with Crippen molar-refractivity contribution < 1.29 is 4.74 Å². The van der Waals surface area contributed by atoms with Crippen molar-refractivity contribution in [3.05, 3.63) is 15.1 Å². The van der Waals surface area contributed by atoms with Crippen LogP contribution in [0.25, 0.3) is 0 Å². The monoisotopic (exact) mass is 391 g/mol. The first kappa shape index (κ1) is 17.6. The van der Waals surface area contributed by atoms with E-state index >= 15 is 0 Å². The molecule has 114 valence electrons. The number of halogens is 1. The fourth-order valence-electron chi connectivity index (χ4n) is 2.05. The molecule has 0 aliphatic heterocycles. The first-order valence-corrected chi connectivity index (χ1v) is 8.18. The second-order valence-corrected chi connectivity index (χ2v) is 7.61. The third kappa shape index (κ3) is 4.55. The average Bonchev–Trinajstić information content (AvgIpc) is 2.29. The molecule has 5 heteroatoms. The zero-order valence-electron chi connectivity index (χ0n) is 13.3. The van der Waals surface area contributed by atoms with Crippen molar-refractivity contribution in [1.29, 1.82) is 0 Å². The van der Waals surface area contributed by atoms with Crippen molar-refractivity contribution in [3.63, 3.8) is 0 Å². The maximum Gasteiger partial charge on any atom is 0.160 e. The van der Waals surface area contributed by atoms with Crippen LogP contribution in [-0.4, -0.2) is 16.6 Å². The minimum atomic E-state index is -0.141. The summed E-state index contributed by atoms with van der Waals surface area (Å²) in [6, 6.07) is 0. The maximum atomic E-state index is 6.06. The largest absolute Gasteiger partial charge is 0.383 e. The standard InChI is InChI=1S/C15H26IN3O/c1-7-20-12(15(4,5)6)14-18-10(8-9(2)3)11(16)13(17)19-14/h9,12H,7-8H2,1-6H3,(H2,17,18,19). The number of hydrogen-bond donors (Lipinski definition) is 1. The van der Waals surface area contributed by atoms with E-state index in [2.05, 4.69) is 62.2 Å². The van der Waals surface area contributed by atoms with Crippen molar-refractivity contribution in [2.75, 3.05) is 12.3 Å². The molecule has 1 heterocycles. The highest BCUT2D eigenvalue weighted by Crippen LogP contribution is 2.35. The van der Waals surface area contributed by atoms with Crippen LogP contribution in [0.3, 0.4) is 0 Å². The Hall–Kier alpha value is -0.430. The lowest BCUT2D eigenvalue weighted by molar-refractivity contribution is -0.0191. The Morgan fingerprint density at radius 2 is 1.85 bits per heavy atom. The van der Waals surface area contributed by atoms with Crippen molar-refractivity contribution in [3.8, 4) is 0 Å². The first-order chi connectivity index (χ1) is 9.16.